The fourth-order valence-electron chi connectivity index (χ4n) is 3.39. The van der Waals surface area contributed by atoms with Gasteiger partial charge in [0.25, 0.3) is 5.91 Å². The molecule has 0 unspecified atom stereocenters. The SMILES string of the molecule is CN(C)C(=O)c1ccc(-c2nnc(C3=CCN(S(=O)(=O)c4ccccc4Cl)CC3)s2)cc1Cl. The summed E-state index contributed by atoms with van der Waals surface area (Å²) in [5, 5.41) is 10.5. The van der Waals surface area contributed by atoms with Crippen LogP contribution in [0.25, 0.3) is 16.1 Å². The fraction of sp³-hybridized carbons (Fsp3) is 0.227. The third-order valence-corrected chi connectivity index (χ3v) is 8.90. The van der Waals surface area contributed by atoms with Crippen LogP contribution in [-0.4, -0.2) is 60.9 Å². The lowest BCUT2D eigenvalue weighted by Gasteiger charge is -2.25. The summed E-state index contributed by atoms with van der Waals surface area (Å²) in [4.78, 5) is 13.8. The molecule has 7 nitrogen and oxygen atoms in total. The molecule has 0 atom stereocenters. The molecule has 3 aromatic rings. The number of hydrogen-bond acceptors (Lipinski definition) is 6. The smallest absolute Gasteiger partial charge is 0.254 e. The lowest BCUT2D eigenvalue weighted by atomic mass is 10.1. The van der Waals surface area contributed by atoms with Crippen LogP contribution in [0.4, 0.5) is 0 Å². The summed E-state index contributed by atoms with van der Waals surface area (Å²) in [7, 11) is -0.342. The van der Waals surface area contributed by atoms with Crippen molar-refractivity contribution in [2.45, 2.75) is 11.3 Å². The predicted molar refractivity (Wildman–Crippen MR) is 131 cm³/mol. The quantitative estimate of drug-likeness (QED) is 0.485. The molecule has 172 valence electrons. The molecule has 0 aliphatic carbocycles. The highest BCUT2D eigenvalue weighted by molar-refractivity contribution is 7.89. The minimum absolute atomic E-state index is 0.106. The highest BCUT2D eigenvalue weighted by atomic mass is 35.5. The molecule has 0 saturated carbocycles. The summed E-state index contributed by atoms with van der Waals surface area (Å²) in [5.41, 5.74) is 2.12. The minimum Gasteiger partial charge on any atom is -0.345 e. The van der Waals surface area contributed by atoms with Gasteiger partial charge >= 0.3 is 0 Å². The van der Waals surface area contributed by atoms with E-state index < -0.39 is 10.0 Å². The van der Waals surface area contributed by atoms with Gasteiger partial charge in [-0.2, -0.15) is 4.31 Å². The van der Waals surface area contributed by atoms with E-state index in [1.165, 1.54) is 26.6 Å². The Bertz CT molecular complexity index is 1350. The van der Waals surface area contributed by atoms with Crippen molar-refractivity contribution in [1.29, 1.82) is 0 Å². The maximum absolute atomic E-state index is 12.9. The van der Waals surface area contributed by atoms with E-state index >= 15 is 0 Å². The van der Waals surface area contributed by atoms with E-state index in [0.717, 1.165) is 16.1 Å². The summed E-state index contributed by atoms with van der Waals surface area (Å²) < 4.78 is 27.3. The summed E-state index contributed by atoms with van der Waals surface area (Å²) in [6.45, 7) is 0.548. The van der Waals surface area contributed by atoms with Crippen LogP contribution in [-0.2, 0) is 10.0 Å². The topological polar surface area (TPSA) is 83.5 Å². The van der Waals surface area contributed by atoms with E-state index in [-0.39, 0.29) is 22.4 Å². The van der Waals surface area contributed by atoms with Gasteiger partial charge in [-0.3, -0.25) is 4.79 Å². The maximum Gasteiger partial charge on any atom is 0.254 e. The number of aromatic nitrogens is 2. The number of amides is 1. The summed E-state index contributed by atoms with van der Waals surface area (Å²) >= 11 is 13.8. The first-order valence-corrected chi connectivity index (χ1v) is 13.0. The average Bonchev–Trinajstić information content (AvgIpc) is 3.29. The van der Waals surface area contributed by atoms with Crippen LogP contribution < -0.4 is 0 Å². The molecule has 11 heteroatoms. The predicted octanol–water partition coefficient (Wildman–Crippen LogP) is 4.69. The van der Waals surface area contributed by atoms with Crippen LogP contribution in [0.2, 0.25) is 10.0 Å². The molecule has 1 aliphatic rings. The van der Waals surface area contributed by atoms with Crippen LogP contribution in [0.3, 0.4) is 0 Å². The number of rotatable bonds is 5. The number of carbonyl (C=O) groups excluding carboxylic acids is 1. The Balaban J connectivity index is 1.52. The van der Waals surface area contributed by atoms with Gasteiger partial charge in [0.2, 0.25) is 10.0 Å². The van der Waals surface area contributed by atoms with Crippen molar-refractivity contribution in [3.05, 3.63) is 69.2 Å². The Morgan fingerprint density at radius 2 is 1.79 bits per heavy atom. The van der Waals surface area contributed by atoms with E-state index in [0.29, 0.717) is 28.6 Å². The second kappa shape index (κ2) is 9.52. The second-order valence-corrected chi connectivity index (χ2v) is 11.3. The largest absolute Gasteiger partial charge is 0.345 e. The van der Waals surface area contributed by atoms with Gasteiger partial charge < -0.3 is 4.90 Å². The molecule has 1 aromatic heterocycles. The van der Waals surface area contributed by atoms with Gasteiger partial charge in [-0.05, 0) is 36.3 Å². The highest BCUT2D eigenvalue weighted by Gasteiger charge is 2.29. The lowest BCUT2D eigenvalue weighted by molar-refractivity contribution is 0.0828. The molecule has 2 aromatic carbocycles. The summed E-state index contributed by atoms with van der Waals surface area (Å²) in [5.74, 6) is -0.173. The minimum atomic E-state index is -3.68. The van der Waals surface area contributed by atoms with E-state index in [1.54, 1.807) is 50.5 Å². The van der Waals surface area contributed by atoms with E-state index in [2.05, 4.69) is 10.2 Å². The van der Waals surface area contributed by atoms with Crippen molar-refractivity contribution < 1.29 is 13.2 Å². The first kappa shape index (κ1) is 23.8. The van der Waals surface area contributed by atoms with Gasteiger partial charge in [0.05, 0.1) is 15.6 Å². The van der Waals surface area contributed by atoms with Gasteiger partial charge in [-0.1, -0.05) is 58.8 Å². The molecule has 4 rings (SSSR count). The van der Waals surface area contributed by atoms with Crippen molar-refractivity contribution in [1.82, 2.24) is 19.4 Å². The Kier molecular flexibility index (Phi) is 6.88. The molecular formula is C22H20Cl2N4O3S2. The molecule has 33 heavy (non-hydrogen) atoms. The number of halogens is 2. The molecule has 0 saturated heterocycles. The molecule has 0 fully saturated rings. The van der Waals surface area contributed by atoms with Crippen molar-refractivity contribution in [2.24, 2.45) is 0 Å². The van der Waals surface area contributed by atoms with Crippen LogP contribution in [0.15, 0.2) is 53.4 Å². The molecule has 0 bridgehead atoms. The first-order valence-electron chi connectivity index (χ1n) is 9.97. The molecule has 0 spiro atoms. The highest BCUT2D eigenvalue weighted by Crippen LogP contribution is 2.34. The van der Waals surface area contributed by atoms with Crippen molar-refractivity contribution in [2.75, 3.05) is 27.2 Å². The van der Waals surface area contributed by atoms with Crippen molar-refractivity contribution in [3.8, 4) is 10.6 Å². The molecular weight excluding hydrogens is 503 g/mol. The van der Waals surface area contributed by atoms with Gasteiger partial charge in [-0.25, -0.2) is 8.42 Å². The second-order valence-electron chi connectivity index (χ2n) is 7.58. The average molecular weight is 523 g/mol. The Morgan fingerprint density at radius 1 is 1.06 bits per heavy atom. The summed E-state index contributed by atoms with van der Waals surface area (Å²) in [6, 6.07) is 11.6. The van der Waals surface area contributed by atoms with Crippen LogP contribution >= 0.6 is 34.5 Å². The Labute approximate surface area is 206 Å². The van der Waals surface area contributed by atoms with Crippen LogP contribution in [0.1, 0.15) is 21.8 Å². The van der Waals surface area contributed by atoms with Crippen molar-refractivity contribution >= 4 is 56.0 Å². The van der Waals surface area contributed by atoms with Crippen molar-refractivity contribution in [3.63, 3.8) is 0 Å². The van der Waals surface area contributed by atoms with Gasteiger partial charge in [0.1, 0.15) is 14.9 Å². The van der Waals surface area contributed by atoms with Gasteiger partial charge in [-0.15, -0.1) is 10.2 Å². The zero-order valence-electron chi connectivity index (χ0n) is 17.8. The van der Waals surface area contributed by atoms with Gasteiger partial charge in [0.15, 0.2) is 0 Å². The lowest BCUT2D eigenvalue weighted by Crippen LogP contribution is -2.34. The normalized spacial score (nSPS) is 14.7. The first-order chi connectivity index (χ1) is 15.7. The molecule has 0 radical (unpaired) electrons. The molecule has 1 amide bonds. The fourth-order valence-corrected chi connectivity index (χ4v) is 6.43. The zero-order chi connectivity index (χ0) is 23.8. The van der Waals surface area contributed by atoms with E-state index in [1.807, 2.05) is 6.08 Å². The molecule has 0 N–H and O–H groups in total. The van der Waals surface area contributed by atoms with Crippen LogP contribution in [0, 0.1) is 0 Å². The maximum atomic E-state index is 12.9. The third-order valence-electron chi connectivity index (χ3n) is 5.18. The monoisotopic (exact) mass is 522 g/mol. The third kappa shape index (κ3) is 4.83. The number of sulfonamides is 1. The number of nitrogens with zero attached hydrogens (tertiary/aromatic N) is 4. The number of benzene rings is 2. The Morgan fingerprint density at radius 3 is 2.42 bits per heavy atom. The zero-order valence-corrected chi connectivity index (χ0v) is 21.0. The summed E-state index contributed by atoms with van der Waals surface area (Å²) in [6.07, 6.45) is 2.36. The van der Waals surface area contributed by atoms with Gasteiger partial charge in [0, 0.05) is 32.7 Å². The standard InChI is InChI=1S/C22H20Cl2N4O3S2/c1-27(2)22(29)16-8-7-15(13-18(16)24)21-26-25-20(32-21)14-9-11-28(12-10-14)33(30,31)19-6-4-3-5-17(19)23/h3-9,13H,10-12H2,1-2H3. The van der Waals surface area contributed by atoms with Crippen LogP contribution in [0.5, 0.6) is 0 Å². The van der Waals surface area contributed by atoms with E-state index in [9.17, 15) is 13.2 Å². The Hall–Kier alpha value is -2.30. The molecule has 1 aliphatic heterocycles. The molecule has 2 heterocycles. The number of carbonyl (C=O) groups is 1. The van der Waals surface area contributed by atoms with E-state index in [4.69, 9.17) is 23.2 Å². The number of hydrogen-bond donors (Lipinski definition) is 0.